The van der Waals surface area contributed by atoms with E-state index in [4.69, 9.17) is 44.8 Å². The number of hydrogen-bond acceptors (Lipinski definition) is 10. The van der Waals surface area contributed by atoms with Crippen molar-refractivity contribution < 1.29 is 85.1 Å². The molecular formula is C21H36F3IO11S. The molecule has 1 heterocycles. The van der Waals surface area contributed by atoms with E-state index in [1.54, 1.807) is 0 Å². The molecule has 0 unspecified atom stereocenters. The van der Waals surface area contributed by atoms with Gasteiger partial charge in [0.25, 0.3) is 0 Å². The highest BCUT2D eigenvalue weighted by Crippen LogP contribution is 2.20. The fraction of sp³-hybridized carbons (Fsp3) is 0.714. The molecule has 0 amide bonds. The van der Waals surface area contributed by atoms with E-state index in [0.717, 1.165) is 3.57 Å². The van der Waals surface area contributed by atoms with Crippen molar-refractivity contribution in [2.24, 2.45) is 0 Å². The Morgan fingerprint density at radius 3 is 1.08 bits per heavy atom. The number of halogens is 4. The molecule has 0 aliphatic carbocycles. The van der Waals surface area contributed by atoms with Crippen molar-refractivity contribution in [2.45, 2.75) is 19.4 Å². The second-order valence-electron chi connectivity index (χ2n) is 6.96. The summed E-state index contributed by atoms with van der Waals surface area (Å²) in [4.78, 5) is 0. The van der Waals surface area contributed by atoms with Gasteiger partial charge in [-0.25, -0.2) is 8.42 Å². The summed E-state index contributed by atoms with van der Waals surface area (Å²) in [7, 11) is -6.09. The van der Waals surface area contributed by atoms with Crippen LogP contribution in [0.4, 0.5) is 13.2 Å². The molecule has 2 rings (SSSR count). The monoisotopic (exact) mass is 680 g/mol. The van der Waals surface area contributed by atoms with E-state index < -0.39 is 37.2 Å². The van der Waals surface area contributed by atoms with E-state index in [9.17, 15) is 13.2 Å². The molecule has 37 heavy (non-hydrogen) atoms. The molecule has 1 aliphatic rings. The van der Waals surface area contributed by atoms with Gasteiger partial charge in [0.05, 0.1) is 79.3 Å². The first-order valence-electron chi connectivity index (χ1n) is 10.8. The normalized spacial score (nSPS) is 17.4. The standard InChI is InChI=1S/C12H24O6.C8H10IO.CHF3O3S.H2O/c1-2-14-5-6-16-9-10-18-12-11-17-8-7-15-4-3-13-1;1-6-3-7(2)5-8(4-6)9-10;2-1(3,4)8(5,6)7;/h1-12H2;3-5,10H,1-2H3;(H,5,6,7);1H2/q;+1;;/p-1. The van der Waals surface area contributed by atoms with E-state index in [2.05, 4.69) is 19.9 Å². The first kappa shape index (κ1) is 38.5. The molecule has 16 heteroatoms. The van der Waals surface area contributed by atoms with E-state index >= 15 is 0 Å². The summed E-state index contributed by atoms with van der Waals surface area (Å²) in [6.45, 7) is 11.1. The fourth-order valence-corrected chi connectivity index (χ4v) is 3.55. The molecule has 0 spiro atoms. The molecule has 0 aromatic heterocycles. The summed E-state index contributed by atoms with van der Waals surface area (Å²) in [6, 6.07) is 6.20. The van der Waals surface area contributed by atoms with Gasteiger partial charge < -0.3 is 38.5 Å². The summed E-state index contributed by atoms with van der Waals surface area (Å²) in [5.74, 6) is 0. The lowest BCUT2D eigenvalue weighted by molar-refractivity contribution is -0.866. The lowest BCUT2D eigenvalue weighted by atomic mass is 10.2. The van der Waals surface area contributed by atoms with E-state index in [1.807, 2.05) is 12.1 Å². The summed E-state index contributed by atoms with van der Waals surface area (Å²) >= 11 is -0.724. The first-order chi connectivity index (χ1) is 17.0. The van der Waals surface area contributed by atoms with Gasteiger partial charge in [-0.15, -0.1) is 0 Å². The number of alkyl halides is 3. The zero-order valence-corrected chi connectivity index (χ0v) is 23.7. The highest BCUT2D eigenvalue weighted by Gasteiger charge is 2.36. The Hall–Kier alpha value is -0.670. The van der Waals surface area contributed by atoms with Crippen LogP contribution < -0.4 is 21.6 Å². The minimum Gasteiger partial charge on any atom is -0.741 e. The van der Waals surface area contributed by atoms with Gasteiger partial charge in [0.1, 0.15) is 0 Å². The Balaban J connectivity index is 0. The minimum atomic E-state index is -6.09. The summed E-state index contributed by atoms with van der Waals surface area (Å²) in [5, 5.41) is 0. The molecular weight excluding hydrogens is 644 g/mol. The molecule has 1 aromatic carbocycles. The van der Waals surface area contributed by atoms with Gasteiger partial charge in [-0.3, -0.25) is 0 Å². The lowest BCUT2D eigenvalue weighted by Gasteiger charge is -2.09. The summed E-state index contributed by atoms with van der Waals surface area (Å²) < 4.78 is 101. The molecule has 1 aliphatic heterocycles. The maximum absolute atomic E-state index is 10.7. The van der Waals surface area contributed by atoms with Crippen molar-refractivity contribution in [1.29, 1.82) is 0 Å². The minimum absolute atomic E-state index is 0. The highest BCUT2D eigenvalue weighted by molar-refractivity contribution is 7.86. The zero-order valence-electron chi connectivity index (χ0n) is 20.8. The van der Waals surface area contributed by atoms with Crippen LogP contribution in [0, 0.1) is 17.4 Å². The number of ether oxygens (including phenoxy) is 6. The predicted molar refractivity (Wildman–Crippen MR) is 121 cm³/mol. The third kappa shape index (κ3) is 24.1. The largest absolute Gasteiger partial charge is 0.741 e. The van der Waals surface area contributed by atoms with Gasteiger partial charge in [-0.1, -0.05) is 6.07 Å². The molecule has 0 bridgehead atoms. The number of hydrogen-bond donors (Lipinski definition) is 1. The smallest absolute Gasteiger partial charge is 0.519 e. The second kappa shape index (κ2) is 23.2. The molecule has 220 valence electrons. The van der Waals surface area contributed by atoms with Crippen LogP contribution in [-0.2, 0) is 38.5 Å². The second-order valence-corrected chi connectivity index (χ2v) is 10.1. The van der Waals surface area contributed by atoms with Crippen LogP contribution in [0.3, 0.4) is 0 Å². The van der Waals surface area contributed by atoms with Crippen LogP contribution in [0.2, 0.25) is 0 Å². The Bertz CT molecular complexity index is 688. The van der Waals surface area contributed by atoms with Gasteiger partial charge in [0.2, 0.25) is 3.57 Å². The number of rotatable bonds is 1. The van der Waals surface area contributed by atoms with E-state index in [1.165, 1.54) is 11.1 Å². The van der Waals surface area contributed by atoms with Crippen LogP contribution in [0.25, 0.3) is 0 Å². The molecule has 11 nitrogen and oxygen atoms in total. The maximum atomic E-state index is 10.7. The fourth-order valence-electron chi connectivity index (χ4n) is 2.29. The highest BCUT2D eigenvalue weighted by atomic mass is 127. The molecule has 0 atom stereocenters. The Kier molecular flexibility index (Phi) is 24.2. The number of aryl methyl sites for hydroxylation is 2. The van der Waals surface area contributed by atoms with Gasteiger partial charge in [-0.2, -0.15) is 16.6 Å². The molecule has 0 radical (unpaired) electrons. The van der Waals surface area contributed by atoms with E-state index in [0.29, 0.717) is 79.3 Å². The predicted octanol–water partition coefficient (Wildman–Crippen LogP) is -2.20. The maximum Gasteiger partial charge on any atom is 0.519 e. The summed E-state index contributed by atoms with van der Waals surface area (Å²) in [6.07, 6.45) is 0. The Morgan fingerprint density at radius 1 is 0.703 bits per heavy atom. The molecule has 1 aromatic rings. The van der Waals surface area contributed by atoms with Crippen LogP contribution in [0.5, 0.6) is 0 Å². The van der Waals surface area contributed by atoms with Gasteiger partial charge in [0.15, 0.2) is 10.1 Å². The SMILES string of the molecule is C1COCCOCCOCCOCCOCCO1.Cc1cc(C)cc([I+]O)c1.O.O=S(=O)([O-])C(F)(F)F. The van der Waals surface area contributed by atoms with Crippen molar-refractivity contribution in [2.75, 3.05) is 79.3 Å². The van der Waals surface area contributed by atoms with Crippen LogP contribution in [0.1, 0.15) is 11.1 Å². The molecule has 1 fully saturated rings. The van der Waals surface area contributed by atoms with E-state index in [-0.39, 0.29) is 5.48 Å². The van der Waals surface area contributed by atoms with Gasteiger partial charge in [-0.05, 0) is 37.1 Å². The third-order valence-corrected chi connectivity index (χ3v) is 5.55. The van der Waals surface area contributed by atoms with Gasteiger partial charge in [0, 0.05) is 0 Å². The average Bonchev–Trinajstić information content (AvgIpc) is 2.78. The van der Waals surface area contributed by atoms with Crippen LogP contribution in [-0.4, -0.2) is 107 Å². The Morgan fingerprint density at radius 2 is 0.919 bits per heavy atom. The van der Waals surface area contributed by atoms with Crippen molar-refractivity contribution >= 4 is 10.1 Å². The topological polar surface area (TPSA) is 164 Å². The lowest BCUT2D eigenvalue weighted by Crippen LogP contribution is -3.61. The molecule has 0 saturated carbocycles. The third-order valence-electron chi connectivity index (χ3n) is 3.80. The van der Waals surface area contributed by atoms with Crippen LogP contribution >= 0.6 is 0 Å². The summed E-state index contributed by atoms with van der Waals surface area (Å²) in [5.41, 5.74) is -3.17. The quantitative estimate of drug-likeness (QED) is 0.196. The average molecular weight is 680 g/mol. The first-order valence-corrected chi connectivity index (χ1v) is 14.3. The van der Waals surface area contributed by atoms with Crippen molar-refractivity contribution in [3.63, 3.8) is 0 Å². The molecule has 1 saturated heterocycles. The molecule has 3 N–H and O–H groups in total. The van der Waals surface area contributed by atoms with Crippen molar-refractivity contribution in [3.05, 3.63) is 32.9 Å². The number of benzene rings is 1. The van der Waals surface area contributed by atoms with Crippen molar-refractivity contribution in [1.82, 2.24) is 0 Å². The Labute approximate surface area is 226 Å². The van der Waals surface area contributed by atoms with Crippen LogP contribution in [0.15, 0.2) is 18.2 Å². The van der Waals surface area contributed by atoms with Crippen molar-refractivity contribution in [3.8, 4) is 0 Å². The van der Waals surface area contributed by atoms with Gasteiger partial charge >= 0.3 is 27.1 Å². The zero-order chi connectivity index (χ0) is 27.3.